The molecule has 0 saturated heterocycles. The van der Waals surface area contributed by atoms with Gasteiger partial charge in [0.2, 0.25) is 0 Å². The maximum absolute atomic E-state index is 12.9. The Bertz CT molecular complexity index is 462. The Morgan fingerprint density at radius 3 is 2.32 bits per heavy atom. The second-order valence-corrected chi connectivity index (χ2v) is 6.36. The number of hydrogen-bond acceptors (Lipinski definition) is 3. The summed E-state index contributed by atoms with van der Waals surface area (Å²) in [5, 5.41) is 0. The molecule has 3 heteroatoms. The maximum atomic E-state index is 12.9. The van der Waals surface area contributed by atoms with Gasteiger partial charge in [-0.15, -0.1) is 0 Å². The molecule has 122 valence electrons. The first-order valence-corrected chi connectivity index (χ1v) is 8.61. The molecule has 3 nitrogen and oxygen atoms in total. The van der Waals surface area contributed by atoms with Crippen molar-refractivity contribution >= 4 is 5.97 Å². The van der Waals surface area contributed by atoms with Crippen LogP contribution in [0.25, 0.3) is 0 Å². The van der Waals surface area contributed by atoms with E-state index in [0.29, 0.717) is 0 Å². The van der Waals surface area contributed by atoms with Crippen LogP contribution in [0.15, 0.2) is 30.3 Å². The number of rotatable bonds is 7. The standard InChI is InChI=1S/C19H29NO2/c1-4-20(5-2)15-16(3)22-18(21)19(13-9-10-14-19)17-11-7-6-8-12-17/h6-8,11-12,16H,4-5,9-10,13-15H2,1-3H3. The molecule has 1 aliphatic rings. The summed E-state index contributed by atoms with van der Waals surface area (Å²) in [4.78, 5) is 15.2. The fraction of sp³-hybridized carbons (Fsp3) is 0.632. The molecule has 1 unspecified atom stereocenters. The number of likely N-dealkylation sites (N-methyl/N-ethyl adjacent to an activating group) is 1. The Labute approximate surface area is 134 Å². The lowest BCUT2D eigenvalue weighted by Crippen LogP contribution is -2.40. The summed E-state index contributed by atoms with van der Waals surface area (Å²) < 4.78 is 5.85. The van der Waals surface area contributed by atoms with Crippen molar-refractivity contribution in [3.63, 3.8) is 0 Å². The van der Waals surface area contributed by atoms with E-state index >= 15 is 0 Å². The molecule has 0 radical (unpaired) electrons. The fourth-order valence-electron chi connectivity index (χ4n) is 3.52. The van der Waals surface area contributed by atoms with Crippen LogP contribution < -0.4 is 0 Å². The molecule has 1 atom stereocenters. The van der Waals surface area contributed by atoms with Crippen LogP contribution in [0.5, 0.6) is 0 Å². The van der Waals surface area contributed by atoms with Gasteiger partial charge in [-0.2, -0.15) is 0 Å². The quantitative estimate of drug-likeness (QED) is 0.718. The summed E-state index contributed by atoms with van der Waals surface area (Å²) in [6, 6.07) is 10.2. The van der Waals surface area contributed by atoms with Gasteiger partial charge in [-0.1, -0.05) is 57.0 Å². The summed E-state index contributed by atoms with van der Waals surface area (Å²) in [5.41, 5.74) is 0.700. The largest absolute Gasteiger partial charge is 0.461 e. The van der Waals surface area contributed by atoms with Gasteiger partial charge >= 0.3 is 5.97 Å². The van der Waals surface area contributed by atoms with Crippen molar-refractivity contribution in [2.24, 2.45) is 0 Å². The van der Waals surface area contributed by atoms with Gasteiger partial charge in [0.05, 0.1) is 5.41 Å². The van der Waals surface area contributed by atoms with E-state index in [1.54, 1.807) is 0 Å². The van der Waals surface area contributed by atoms with Gasteiger partial charge in [0.15, 0.2) is 0 Å². The van der Waals surface area contributed by atoms with Crippen LogP contribution in [-0.4, -0.2) is 36.6 Å². The van der Waals surface area contributed by atoms with Crippen molar-refractivity contribution in [2.75, 3.05) is 19.6 Å². The van der Waals surface area contributed by atoms with Crippen LogP contribution >= 0.6 is 0 Å². The highest BCUT2D eigenvalue weighted by Gasteiger charge is 2.44. The molecule has 0 spiro atoms. The Kier molecular flexibility index (Phi) is 6.01. The number of carbonyl (C=O) groups excluding carboxylic acids is 1. The number of nitrogens with zero attached hydrogens (tertiary/aromatic N) is 1. The van der Waals surface area contributed by atoms with Crippen LogP contribution in [0.2, 0.25) is 0 Å². The minimum atomic E-state index is -0.418. The highest BCUT2D eigenvalue weighted by Crippen LogP contribution is 2.42. The third-order valence-corrected chi connectivity index (χ3v) is 4.89. The molecule has 0 N–H and O–H groups in total. The third-order valence-electron chi connectivity index (χ3n) is 4.89. The molecule has 1 saturated carbocycles. The highest BCUT2D eigenvalue weighted by molar-refractivity contribution is 5.83. The molecule has 0 amide bonds. The molecular weight excluding hydrogens is 274 g/mol. The first-order valence-electron chi connectivity index (χ1n) is 8.61. The van der Waals surface area contributed by atoms with Crippen LogP contribution in [0, 0.1) is 0 Å². The fourth-order valence-corrected chi connectivity index (χ4v) is 3.52. The lowest BCUT2D eigenvalue weighted by molar-refractivity contribution is -0.156. The van der Waals surface area contributed by atoms with Crippen molar-refractivity contribution in [3.05, 3.63) is 35.9 Å². The first-order chi connectivity index (χ1) is 10.6. The van der Waals surface area contributed by atoms with E-state index in [9.17, 15) is 4.79 Å². The van der Waals surface area contributed by atoms with Crippen LogP contribution in [0.4, 0.5) is 0 Å². The minimum absolute atomic E-state index is 0.0316. The monoisotopic (exact) mass is 303 g/mol. The van der Waals surface area contributed by atoms with Gasteiger partial charge in [0.25, 0.3) is 0 Å². The predicted octanol–water partition coefficient (Wildman–Crippen LogP) is 3.77. The van der Waals surface area contributed by atoms with E-state index in [-0.39, 0.29) is 12.1 Å². The second-order valence-electron chi connectivity index (χ2n) is 6.36. The molecule has 2 rings (SSSR count). The zero-order valence-corrected chi connectivity index (χ0v) is 14.2. The smallest absolute Gasteiger partial charge is 0.316 e. The molecule has 1 fully saturated rings. The van der Waals surface area contributed by atoms with Gasteiger partial charge in [-0.3, -0.25) is 4.79 Å². The summed E-state index contributed by atoms with van der Waals surface area (Å²) in [6.45, 7) is 9.07. The van der Waals surface area contributed by atoms with E-state index in [1.165, 1.54) is 0 Å². The van der Waals surface area contributed by atoms with Crippen molar-refractivity contribution in [2.45, 2.75) is 58.0 Å². The summed E-state index contributed by atoms with van der Waals surface area (Å²) in [7, 11) is 0. The van der Waals surface area contributed by atoms with Crippen molar-refractivity contribution in [3.8, 4) is 0 Å². The number of carbonyl (C=O) groups is 1. The highest BCUT2D eigenvalue weighted by atomic mass is 16.5. The minimum Gasteiger partial charge on any atom is -0.461 e. The molecule has 1 aromatic rings. The Morgan fingerprint density at radius 1 is 1.18 bits per heavy atom. The molecule has 0 bridgehead atoms. The van der Waals surface area contributed by atoms with Crippen molar-refractivity contribution in [1.29, 1.82) is 0 Å². The topological polar surface area (TPSA) is 29.5 Å². The van der Waals surface area contributed by atoms with E-state index in [1.807, 2.05) is 25.1 Å². The molecule has 1 aromatic carbocycles. The zero-order valence-electron chi connectivity index (χ0n) is 14.2. The van der Waals surface area contributed by atoms with Gasteiger partial charge in [0.1, 0.15) is 6.10 Å². The van der Waals surface area contributed by atoms with E-state index in [0.717, 1.165) is 50.9 Å². The summed E-state index contributed by atoms with van der Waals surface area (Å²) in [6.07, 6.45) is 3.97. The van der Waals surface area contributed by atoms with Crippen molar-refractivity contribution < 1.29 is 9.53 Å². The van der Waals surface area contributed by atoms with Crippen molar-refractivity contribution in [1.82, 2.24) is 4.90 Å². The average molecular weight is 303 g/mol. The summed E-state index contributed by atoms with van der Waals surface area (Å²) >= 11 is 0. The first kappa shape index (κ1) is 17.0. The molecule has 0 aromatic heterocycles. The Hall–Kier alpha value is -1.35. The third kappa shape index (κ3) is 3.70. The zero-order chi connectivity index (χ0) is 16.0. The maximum Gasteiger partial charge on any atom is 0.316 e. The number of ether oxygens (including phenoxy) is 1. The Morgan fingerprint density at radius 2 is 1.77 bits per heavy atom. The SMILES string of the molecule is CCN(CC)CC(C)OC(=O)C1(c2ccccc2)CCCC1. The average Bonchev–Trinajstić information content (AvgIpc) is 3.04. The van der Waals surface area contributed by atoms with E-state index in [4.69, 9.17) is 4.74 Å². The number of hydrogen-bond donors (Lipinski definition) is 0. The number of esters is 1. The van der Waals surface area contributed by atoms with Crippen LogP contribution in [0.1, 0.15) is 52.0 Å². The molecule has 0 heterocycles. The second kappa shape index (κ2) is 7.77. The molecule has 22 heavy (non-hydrogen) atoms. The normalized spacial score (nSPS) is 18.4. The molecule has 1 aliphatic carbocycles. The molecule has 0 aliphatic heterocycles. The lowest BCUT2D eigenvalue weighted by atomic mass is 9.79. The predicted molar refractivity (Wildman–Crippen MR) is 89.9 cm³/mol. The van der Waals surface area contributed by atoms with Gasteiger partial charge in [0, 0.05) is 6.54 Å². The van der Waals surface area contributed by atoms with Gasteiger partial charge in [-0.05, 0) is 38.4 Å². The van der Waals surface area contributed by atoms with Crippen LogP contribution in [0.3, 0.4) is 0 Å². The molecular formula is C19H29NO2. The van der Waals surface area contributed by atoms with Crippen LogP contribution in [-0.2, 0) is 14.9 Å². The van der Waals surface area contributed by atoms with E-state index < -0.39 is 5.41 Å². The number of benzene rings is 1. The van der Waals surface area contributed by atoms with Gasteiger partial charge < -0.3 is 9.64 Å². The van der Waals surface area contributed by atoms with Gasteiger partial charge in [-0.25, -0.2) is 0 Å². The lowest BCUT2D eigenvalue weighted by Gasteiger charge is -2.30. The summed E-state index contributed by atoms with van der Waals surface area (Å²) in [5.74, 6) is -0.0316. The Balaban J connectivity index is 2.08. The van der Waals surface area contributed by atoms with E-state index in [2.05, 4.69) is 30.9 Å².